The first-order valence-corrected chi connectivity index (χ1v) is 31.6. The van der Waals surface area contributed by atoms with Crippen LogP contribution < -0.4 is 0 Å². The monoisotopic (exact) mass is 997 g/mol. The molecule has 0 radical (unpaired) electrons. The third-order valence-corrected chi connectivity index (χ3v) is 14.5. The van der Waals surface area contributed by atoms with E-state index in [0.717, 1.165) is 38.5 Å². The van der Waals surface area contributed by atoms with Crippen LogP contribution in [0, 0.1) is 0 Å². The molecule has 0 aromatic heterocycles. The van der Waals surface area contributed by atoms with Crippen LogP contribution in [0.5, 0.6) is 0 Å². The van der Waals surface area contributed by atoms with Gasteiger partial charge in [-0.15, -0.1) is 0 Å². The van der Waals surface area contributed by atoms with Gasteiger partial charge in [-0.1, -0.05) is 269 Å². The molecular weight excluding hydrogens is 878 g/mol. The van der Waals surface area contributed by atoms with Crippen molar-refractivity contribution in [3.8, 4) is 0 Å². The van der Waals surface area contributed by atoms with E-state index in [4.69, 9.17) is 18.5 Å². The summed E-state index contributed by atoms with van der Waals surface area (Å²) in [7, 11) is 1.68. The minimum absolute atomic E-state index is 0.0911. The summed E-state index contributed by atoms with van der Waals surface area (Å²) in [5.41, 5.74) is 0. The van der Waals surface area contributed by atoms with Gasteiger partial charge in [0, 0.05) is 13.0 Å². The Labute approximate surface area is 430 Å². The fraction of sp³-hybridized carbons (Fsp3) is 0.917. The van der Waals surface area contributed by atoms with Gasteiger partial charge in [-0.25, -0.2) is 4.57 Å². The molecule has 0 fully saturated rings. The van der Waals surface area contributed by atoms with Crippen LogP contribution in [0.1, 0.15) is 296 Å². The summed E-state index contributed by atoms with van der Waals surface area (Å²) in [5, 5.41) is 0. The second-order valence-electron chi connectivity index (χ2n) is 21.7. The van der Waals surface area contributed by atoms with Gasteiger partial charge in [0.15, 0.2) is 0 Å². The van der Waals surface area contributed by atoms with Crippen LogP contribution in [-0.4, -0.2) is 75.6 Å². The number of rotatable bonds is 57. The maximum Gasteiger partial charge on any atom is 0.472 e. The maximum atomic E-state index is 12.8. The molecule has 9 heteroatoms. The van der Waals surface area contributed by atoms with Crippen molar-refractivity contribution >= 4 is 13.8 Å². The van der Waals surface area contributed by atoms with E-state index in [1.165, 1.54) is 238 Å². The minimum Gasteiger partial charge on any atom is -0.457 e. The molecule has 0 saturated heterocycles. The van der Waals surface area contributed by atoms with Crippen molar-refractivity contribution in [2.24, 2.45) is 0 Å². The average Bonchev–Trinajstić information content (AvgIpc) is 3.31. The van der Waals surface area contributed by atoms with Crippen LogP contribution in [0.15, 0.2) is 24.3 Å². The molecule has 0 aliphatic carbocycles. The number of quaternary nitrogens is 1. The van der Waals surface area contributed by atoms with Crippen molar-refractivity contribution in [1.82, 2.24) is 0 Å². The Morgan fingerprint density at radius 3 is 1.17 bits per heavy atom. The number of unbranched alkanes of at least 4 members (excludes halogenated alkanes) is 39. The molecule has 2 atom stereocenters. The summed E-state index contributed by atoms with van der Waals surface area (Å²) in [5.74, 6) is -0.309. The molecule has 0 heterocycles. The van der Waals surface area contributed by atoms with Gasteiger partial charge in [-0.2, -0.15) is 0 Å². The molecule has 0 spiro atoms. The lowest BCUT2D eigenvalue weighted by molar-refractivity contribution is -0.870. The van der Waals surface area contributed by atoms with E-state index in [1.807, 2.05) is 21.1 Å². The Balaban J connectivity index is 4.02. The number of phosphoric acid groups is 1. The third-order valence-electron chi connectivity index (χ3n) is 13.5. The molecular formula is C60H119NO7P+. The largest absolute Gasteiger partial charge is 0.472 e. The van der Waals surface area contributed by atoms with E-state index in [2.05, 4.69) is 38.2 Å². The smallest absolute Gasteiger partial charge is 0.457 e. The zero-order valence-electron chi connectivity index (χ0n) is 46.8. The van der Waals surface area contributed by atoms with Crippen LogP contribution in [0.4, 0.5) is 0 Å². The Morgan fingerprint density at radius 1 is 0.449 bits per heavy atom. The highest BCUT2D eigenvalue weighted by Gasteiger charge is 2.26. The Hall–Kier alpha value is -1.02. The standard InChI is InChI=1S/C60H118NO7P/c1-6-8-10-12-14-16-18-20-22-24-26-28-30-32-34-36-38-40-42-44-46-48-50-52-55-65-57-59(58-67-69(63,64)66-56-54-61(3,4)5)68-60(62)53-51-49-47-45-43-41-39-37-35-33-31-29-27-25-23-21-19-17-15-13-11-9-7-2/h19,21,25,27,59H,6-18,20,22-24,26,28-58H2,1-5H3/p+1/b21-19-,27-25-. The first kappa shape index (κ1) is 68.0. The number of nitrogens with zero attached hydrogens (tertiary/aromatic N) is 1. The van der Waals surface area contributed by atoms with Gasteiger partial charge in [-0.3, -0.25) is 13.8 Å². The normalized spacial score (nSPS) is 13.5. The quantitative estimate of drug-likeness (QED) is 0.0213. The van der Waals surface area contributed by atoms with Crippen LogP contribution in [0.3, 0.4) is 0 Å². The van der Waals surface area contributed by atoms with Gasteiger partial charge in [0.25, 0.3) is 0 Å². The molecule has 0 bridgehead atoms. The Bertz CT molecular complexity index is 1160. The number of phosphoric ester groups is 1. The van der Waals surface area contributed by atoms with Gasteiger partial charge >= 0.3 is 13.8 Å². The number of carbonyl (C=O) groups excluding carboxylic acids is 1. The summed E-state index contributed by atoms with van der Waals surface area (Å²) in [6, 6.07) is 0. The van der Waals surface area contributed by atoms with Crippen LogP contribution >= 0.6 is 7.82 Å². The van der Waals surface area contributed by atoms with Crippen molar-refractivity contribution in [3.63, 3.8) is 0 Å². The van der Waals surface area contributed by atoms with Crippen molar-refractivity contribution in [2.45, 2.75) is 302 Å². The predicted molar refractivity (Wildman–Crippen MR) is 298 cm³/mol. The second-order valence-corrected chi connectivity index (χ2v) is 23.2. The maximum absolute atomic E-state index is 12.8. The highest BCUT2D eigenvalue weighted by Crippen LogP contribution is 2.43. The van der Waals surface area contributed by atoms with Gasteiger partial charge in [-0.05, 0) is 44.9 Å². The fourth-order valence-electron chi connectivity index (χ4n) is 8.88. The summed E-state index contributed by atoms with van der Waals surface area (Å²) < 4.78 is 35.3. The zero-order chi connectivity index (χ0) is 50.5. The molecule has 0 rings (SSSR count). The van der Waals surface area contributed by atoms with Crippen molar-refractivity contribution in [1.29, 1.82) is 0 Å². The highest BCUT2D eigenvalue weighted by molar-refractivity contribution is 7.47. The average molecular weight is 998 g/mol. The summed E-state index contributed by atoms with van der Waals surface area (Å²) in [4.78, 5) is 23.1. The second kappa shape index (κ2) is 53.3. The molecule has 410 valence electrons. The molecule has 0 aliphatic heterocycles. The molecule has 2 unspecified atom stereocenters. The SMILES string of the molecule is CCCCCCC/C=C\C/C=C\CCCCCCCCCCCCCC(=O)OC(COCCCCCCCCCCCCCCCCCCCCCCCCCC)COP(=O)(O)OCC[N+](C)(C)C. The number of ether oxygens (including phenoxy) is 2. The molecule has 0 amide bonds. The number of esters is 1. The number of hydrogen-bond donors (Lipinski definition) is 1. The van der Waals surface area contributed by atoms with E-state index < -0.39 is 13.9 Å². The summed E-state index contributed by atoms with van der Waals surface area (Å²) in [6.07, 6.45) is 65.3. The first-order valence-electron chi connectivity index (χ1n) is 30.1. The van der Waals surface area contributed by atoms with E-state index in [-0.39, 0.29) is 25.8 Å². The minimum atomic E-state index is -4.28. The van der Waals surface area contributed by atoms with Crippen LogP contribution in [-0.2, 0) is 27.9 Å². The third kappa shape index (κ3) is 57.8. The first-order chi connectivity index (χ1) is 33.6. The number of allylic oxidation sites excluding steroid dienone is 4. The van der Waals surface area contributed by atoms with Crippen molar-refractivity contribution in [3.05, 3.63) is 24.3 Å². The topological polar surface area (TPSA) is 91.3 Å². The fourth-order valence-corrected chi connectivity index (χ4v) is 9.62. The van der Waals surface area contributed by atoms with Crippen molar-refractivity contribution in [2.75, 3.05) is 54.1 Å². The molecule has 0 aromatic carbocycles. The molecule has 0 saturated carbocycles. The molecule has 0 aliphatic rings. The van der Waals surface area contributed by atoms with Crippen LogP contribution in [0.2, 0.25) is 0 Å². The van der Waals surface area contributed by atoms with Gasteiger partial charge < -0.3 is 18.9 Å². The molecule has 8 nitrogen and oxygen atoms in total. The van der Waals surface area contributed by atoms with Crippen molar-refractivity contribution < 1.29 is 37.3 Å². The molecule has 0 aromatic rings. The highest BCUT2D eigenvalue weighted by atomic mass is 31.2. The summed E-state index contributed by atoms with van der Waals surface area (Å²) >= 11 is 0. The lowest BCUT2D eigenvalue weighted by atomic mass is 10.0. The van der Waals surface area contributed by atoms with Gasteiger partial charge in [0.05, 0.1) is 34.4 Å². The van der Waals surface area contributed by atoms with Gasteiger partial charge in [0.2, 0.25) is 0 Å². The lowest BCUT2D eigenvalue weighted by Crippen LogP contribution is -2.37. The zero-order valence-corrected chi connectivity index (χ0v) is 47.7. The van der Waals surface area contributed by atoms with Crippen LogP contribution in [0.25, 0.3) is 0 Å². The van der Waals surface area contributed by atoms with Gasteiger partial charge in [0.1, 0.15) is 19.3 Å². The molecule has 1 N–H and O–H groups in total. The Morgan fingerprint density at radius 2 is 0.797 bits per heavy atom. The number of hydrogen-bond acceptors (Lipinski definition) is 6. The van der Waals surface area contributed by atoms with E-state index in [0.29, 0.717) is 24.1 Å². The van der Waals surface area contributed by atoms with E-state index in [9.17, 15) is 14.3 Å². The van der Waals surface area contributed by atoms with E-state index in [1.54, 1.807) is 0 Å². The Kier molecular flexibility index (Phi) is 52.5. The number of carbonyl (C=O) groups is 1. The lowest BCUT2D eigenvalue weighted by Gasteiger charge is -2.24. The predicted octanol–water partition coefficient (Wildman–Crippen LogP) is 19.1. The molecule has 69 heavy (non-hydrogen) atoms. The van der Waals surface area contributed by atoms with E-state index >= 15 is 0 Å². The summed E-state index contributed by atoms with van der Waals surface area (Å²) in [6.45, 7) is 5.69. The number of likely N-dealkylation sites (N-methyl/N-ethyl adjacent to an activating group) is 1.